The molecule has 1 aliphatic heterocycles. The van der Waals surface area contributed by atoms with Gasteiger partial charge in [-0.25, -0.2) is 13.4 Å². The zero-order valence-electron chi connectivity index (χ0n) is 11.1. The Labute approximate surface area is 118 Å². The van der Waals surface area contributed by atoms with E-state index in [9.17, 15) is 8.42 Å². The highest BCUT2D eigenvalue weighted by Gasteiger charge is 2.19. The van der Waals surface area contributed by atoms with Crippen molar-refractivity contribution >= 4 is 27.2 Å². The molecule has 0 aliphatic carbocycles. The number of anilines is 3. The van der Waals surface area contributed by atoms with Gasteiger partial charge in [0, 0.05) is 12.2 Å². The van der Waals surface area contributed by atoms with Crippen LogP contribution < -0.4 is 9.62 Å². The first kappa shape index (κ1) is 12.9. The lowest BCUT2D eigenvalue weighted by atomic mass is 10.2. The molecule has 104 valence electrons. The highest BCUT2D eigenvalue weighted by molar-refractivity contribution is 7.92. The van der Waals surface area contributed by atoms with Crippen molar-refractivity contribution in [2.45, 2.75) is 6.42 Å². The Hall–Kier alpha value is -2.08. The third kappa shape index (κ3) is 2.60. The molecular formula is C14H15N3O2S. The van der Waals surface area contributed by atoms with Gasteiger partial charge >= 0.3 is 0 Å². The van der Waals surface area contributed by atoms with Gasteiger partial charge < -0.3 is 4.90 Å². The van der Waals surface area contributed by atoms with Crippen molar-refractivity contribution in [1.29, 1.82) is 0 Å². The summed E-state index contributed by atoms with van der Waals surface area (Å²) in [4.78, 5) is 6.34. The molecule has 0 atom stereocenters. The Kier molecular flexibility index (Phi) is 3.10. The van der Waals surface area contributed by atoms with Crippen LogP contribution in [0.4, 0.5) is 17.2 Å². The molecule has 5 nitrogen and oxygen atoms in total. The maximum absolute atomic E-state index is 11.1. The number of aromatic nitrogens is 1. The molecule has 0 radical (unpaired) electrons. The van der Waals surface area contributed by atoms with Crippen molar-refractivity contribution in [3.8, 4) is 0 Å². The second-order valence-corrected chi connectivity index (χ2v) is 6.55. The molecule has 2 heterocycles. The molecule has 0 saturated carbocycles. The molecular weight excluding hydrogens is 274 g/mol. The molecule has 1 aliphatic rings. The van der Waals surface area contributed by atoms with Crippen LogP contribution in [0.15, 0.2) is 42.6 Å². The van der Waals surface area contributed by atoms with Crippen LogP contribution in [-0.2, 0) is 16.4 Å². The minimum atomic E-state index is -3.28. The summed E-state index contributed by atoms with van der Waals surface area (Å²) in [5.74, 6) is 0.337. The van der Waals surface area contributed by atoms with E-state index in [1.54, 1.807) is 12.3 Å². The molecule has 0 fully saturated rings. The Bertz CT molecular complexity index is 726. The van der Waals surface area contributed by atoms with Crippen molar-refractivity contribution in [3.05, 3.63) is 48.2 Å². The number of para-hydroxylation sites is 1. The number of hydrogen-bond donors (Lipinski definition) is 1. The highest BCUT2D eigenvalue weighted by atomic mass is 32.2. The highest BCUT2D eigenvalue weighted by Crippen LogP contribution is 2.33. The third-order valence-electron chi connectivity index (χ3n) is 3.24. The van der Waals surface area contributed by atoms with Crippen LogP contribution in [0.25, 0.3) is 0 Å². The fourth-order valence-electron chi connectivity index (χ4n) is 2.40. The lowest BCUT2D eigenvalue weighted by molar-refractivity contribution is 0.606. The predicted octanol–water partition coefficient (Wildman–Crippen LogP) is 2.15. The van der Waals surface area contributed by atoms with Gasteiger partial charge in [-0.3, -0.25) is 4.72 Å². The normalized spacial score (nSPS) is 14.2. The molecule has 20 heavy (non-hydrogen) atoms. The quantitative estimate of drug-likeness (QED) is 0.940. The molecule has 1 aromatic carbocycles. The number of fused-ring (bicyclic) bond motifs is 1. The first-order chi connectivity index (χ1) is 9.53. The Balaban J connectivity index is 1.86. The topological polar surface area (TPSA) is 62.3 Å². The van der Waals surface area contributed by atoms with Crippen LogP contribution in [0.3, 0.4) is 0 Å². The number of benzene rings is 1. The number of pyridine rings is 1. The average Bonchev–Trinajstić information content (AvgIpc) is 2.82. The van der Waals surface area contributed by atoms with Gasteiger partial charge in [-0.1, -0.05) is 18.2 Å². The van der Waals surface area contributed by atoms with E-state index < -0.39 is 10.0 Å². The van der Waals surface area contributed by atoms with Gasteiger partial charge in [0.1, 0.15) is 5.82 Å². The van der Waals surface area contributed by atoms with Gasteiger partial charge in [-0.15, -0.1) is 0 Å². The molecule has 0 unspecified atom stereocenters. The Morgan fingerprint density at radius 1 is 1.20 bits per heavy atom. The smallest absolute Gasteiger partial charge is 0.230 e. The maximum atomic E-state index is 11.1. The van der Waals surface area contributed by atoms with Crippen LogP contribution in [0, 0.1) is 0 Å². The van der Waals surface area contributed by atoms with E-state index in [4.69, 9.17) is 0 Å². The second kappa shape index (κ2) is 4.79. The van der Waals surface area contributed by atoms with Gasteiger partial charge in [0.2, 0.25) is 10.0 Å². The molecule has 3 rings (SSSR count). The van der Waals surface area contributed by atoms with Gasteiger partial charge in [-0.2, -0.15) is 0 Å². The fourth-order valence-corrected chi connectivity index (χ4v) is 2.90. The van der Waals surface area contributed by atoms with Crippen molar-refractivity contribution in [1.82, 2.24) is 4.98 Å². The monoisotopic (exact) mass is 289 g/mol. The number of nitrogens with zero attached hydrogens (tertiary/aromatic N) is 2. The lowest BCUT2D eigenvalue weighted by Crippen LogP contribution is -2.14. The van der Waals surface area contributed by atoms with E-state index in [0.29, 0.717) is 5.82 Å². The van der Waals surface area contributed by atoms with Gasteiger partial charge in [0.15, 0.2) is 0 Å². The molecule has 1 aromatic heterocycles. The van der Waals surface area contributed by atoms with E-state index in [-0.39, 0.29) is 0 Å². The van der Waals surface area contributed by atoms with E-state index in [2.05, 4.69) is 26.7 Å². The van der Waals surface area contributed by atoms with Crippen LogP contribution in [0.2, 0.25) is 0 Å². The van der Waals surface area contributed by atoms with Crippen molar-refractivity contribution < 1.29 is 8.42 Å². The van der Waals surface area contributed by atoms with Crippen molar-refractivity contribution in [3.63, 3.8) is 0 Å². The Morgan fingerprint density at radius 3 is 2.70 bits per heavy atom. The first-order valence-electron chi connectivity index (χ1n) is 6.32. The van der Waals surface area contributed by atoms with Crippen molar-refractivity contribution in [2.24, 2.45) is 0 Å². The fraction of sp³-hybridized carbons (Fsp3) is 0.214. The summed E-state index contributed by atoms with van der Waals surface area (Å²) >= 11 is 0. The molecule has 0 saturated heterocycles. The van der Waals surface area contributed by atoms with Crippen LogP contribution >= 0.6 is 0 Å². The molecule has 0 spiro atoms. The number of hydrogen-bond acceptors (Lipinski definition) is 4. The summed E-state index contributed by atoms with van der Waals surface area (Å²) in [5, 5.41) is 0. The summed E-state index contributed by atoms with van der Waals surface area (Å²) in [6.45, 7) is 0.917. The maximum Gasteiger partial charge on any atom is 0.230 e. The number of nitrogens with one attached hydrogen (secondary N) is 1. The molecule has 2 aromatic rings. The van der Waals surface area contributed by atoms with E-state index in [1.807, 2.05) is 18.2 Å². The summed E-state index contributed by atoms with van der Waals surface area (Å²) in [7, 11) is -3.28. The lowest BCUT2D eigenvalue weighted by Gasteiger charge is -2.19. The third-order valence-corrected chi connectivity index (χ3v) is 3.82. The van der Waals surface area contributed by atoms with Crippen LogP contribution in [0.5, 0.6) is 0 Å². The minimum Gasteiger partial charge on any atom is -0.340 e. The largest absolute Gasteiger partial charge is 0.340 e. The summed E-state index contributed by atoms with van der Waals surface area (Å²) in [6, 6.07) is 11.8. The minimum absolute atomic E-state index is 0.337. The van der Waals surface area contributed by atoms with Gasteiger partial charge in [-0.05, 0) is 30.2 Å². The number of rotatable bonds is 3. The van der Waals surface area contributed by atoms with E-state index in [0.717, 1.165) is 24.9 Å². The van der Waals surface area contributed by atoms with E-state index >= 15 is 0 Å². The second-order valence-electron chi connectivity index (χ2n) is 4.81. The van der Waals surface area contributed by atoms with Crippen LogP contribution in [0.1, 0.15) is 5.56 Å². The summed E-state index contributed by atoms with van der Waals surface area (Å²) in [6.07, 6.45) is 3.81. The van der Waals surface area contributed by atoms with Crippen LogP contribution in [-0.4, -0.2) is 26.2 Å². The zero-order chi connectivity index (χ0) is 14.2. The SMILES string of the molecule is CS(=O)(=O)Nc1ccc(N2CCc3ccccc32)cn1. The van der Waals surface area contributed by atoms with Gasteiger partial charge in [0.25, 0.3) is 0 Å². The molecule has 0 bridgehead atoms. The zero-order valence-corrected chi connectivity index (χ0v) is 11.9. The molecule has 0 amide bonds. The van der Waals surface area contributed by atoms with Gasteiger partial charge in [0.05, 0.1) is 18.1 Å². The Morgan fingerprint density at radius 2 is 2.00 bits per heavy atom. The number of sulfonamides is 1. The van der Waals surface area contributed by atoms with Crippen molar-refractivity contribution in [2.75, 3.05) is 22.4 Å². The molecule has 1 N–H and O–H groups in total. The standard InChI is InChI=1S/C14H15N3O2S/c1-20(18,19)16-14-7-6-12(10-15-14)17-9-8-11-4-2-3-5-13(11)17/h2-7,10H,8-9H2,1H3,(H,15,16). The first-order valence-corrected chi connectivity index (χ1v) is 8.21. The molecule has 6 heteroatoms. The summed E-state index contributed by atoms with van der Waals surface area (Å²) in [5.41, 5.74) is 3.48. The predicted molar refractivity (Wildman–Crippen MR) is 79.9 cm³/mol. The average molecular weight is 289 g/mol. The summed E-state index contributed by atoms with van der Waals surface area (Å²) < 4.78 is 24.6. The van der Waals surface area contributed by atoms with E-state index in [1.165, 1.54) is 11.3 Å².